The average molecular weight is 377 g/mol. The van der Waals surface area contributed by atoms with E-state index >= 15 is 0 Å². The van der Waals surface area contributed by atoms with E-state index in [-0.39, 0.29) is 6.03 Å². The maximum Gasteiger partial charge on any atom is 0.321 e. The number of nitrogens with zero attached hydrogens (tertiary/aromatic N) is 4. The topological polar surface area (TPSA) is 62.6 Å². The summed E-state index contributed by atoms with van der Waals surface area (Å²) in [5.41, 5.74) is 3.73. The van der Waals surface area contributed by atoms with Crippen LogP contribution in [0.3, 0.4) is 0 Å². The fraction of sp³-hybridized carbons (Fsp3) is 0.364. The van der Waals surface area contributed by atoms with Gasteiger partial charge in [0.25, 0.3) is 0 Å². The maximum absolute atomic E-state index is 12.5. The number of carbonyl (C=O) groups excluding carboxylic acids is 1. The number of hydrogen-bond acceptors (Lipinski definition) is 4. The van der Waals surface area contributed by atoms with Crippen molar-refractivity contribution in [2.75, 3.05) is 54.4 Å². The molecule has 1 aliphatic heterocycles. The minimum atomic E-state index is -0.0961. The van der Waals surface area contributed by atoms with Crippen LogP contribution in [0.25, 0.3) is 0 Å². The Morgan fingerprint density at radius 1 is 1.00 bits per heavy atom. The van der Waals surface area contributed by atoms with E-state index in [0.29, 0.717) is 24.3 Å². The SMILES string of the molecule is CCN(CC)c1ccc(N2CCN(C(=O)Nc3ccc(C#N)cc3)CC2)cc1. The first-order valence-corrected chi connectivity index (χ1v) is 9.80. The smallest absolute Gasteiger partial charge is 0.321 e. The second-order valence-corrected chi connectivity index (χ2v) is 6.78. The van der Waals surface area contributed by atoms with E-state index in [1.807, 2.05) is 4.90 Å². The van der Waals surface area contributed by atoms with Gasteiger partial charge in [0.05, 0.1) is 11.6 Å². The molecule has 1 N–H and O–H groups in total. The molecule has 0 bridgehead atoms. The third-order valence-corrected chi connectivity index (χ3v) is 5.18. The molecule has 2 aromatic rings. The predicted octanol–water partition coefficient (Wildman–Crippen LogP) is 3.76. The number of hydrogen-bond donors (Lipinski definition) is 1. The number of nitriles is 1. The van der Waals surface area contributed by atoms with E-state index < -0.39 is 0 Å². The molecule has 1 heterocycles. The molecule has 1 saturated heterocycles. The number of nitrogens with one attached hydrogen (secondary N) is 1. The molecule has 1 fully saturated rings. The summed E-state index contributed by atoms with van der Waals surface area (Å²) in [4.78, 5) is 19.0. The van der Waals surface area contributed by atoms with Gasteiger partial charge in [0.2, 0.25) is 0 Å². The molecule has 6 heteroatoms. The molecule has 1 aliphatic rings. The van der Waals surface area contributed by atoms with Crippen LogP contribution in [0.4, 0.5) is 21.9 Å². The van der Waals surface area contributed by atoms with E-state index in [1.165, 1.54) is 11.4 Å². The van der Waals surface area contributed by atoms with Crippen LogP contribution in [0, 0.1) is 11.3 Å². The van der Waals surface area contributed by atoms with Crippen molar-refractivity contribution in [3.05, 3.63) is 54.1 Å². The molecule has 2 aromatic carbocycles. The monoisotopic (exact) mass is 377 g/mol. The summed E-state index contributed by atoms with van der Waals surface area (Å²) in [6, 6.07) is 17.6. The highest BCUT2D eigenvalue weighted by Gasteiger charge is 2.21. The van der Waals surface area contributed by atoms with Gasteiger partial charge in [-0.2, -0.15) is 5.26 Å². The highest BCUT2D eigenvalue weighted by atomic mass is 16.2. The van der Waals surface area contributed by atoms with E-state index in [4.69, 9.17) is 5.26 Å². The van der Waals surface area contributed by atoms with Crippen molar-refractivity contribution in [2.24, 2.45) is 0 Å². The van der Waals surface area contributed by atoms with E-state index in [9.17, 15) is 4.79 Å². The van der Waals surface area contributed by atoms with Crippen molar-refractivity contribution in [1.29, 1.82) is 5.26 Å². The zero-order valence-electron chi connectivity index (χ0n) is 16.6. The van der Waals surface area contributed by atoms with Crippen molar-refractivity contribution >= 4 is 23.1 Å². The van der Waals surface area contributed by atoms with Crippen LogP contribution in [0.1, 0.15) is 19.4 Å². The minimum absolute atomic E-state index is 0.0961. The van der Waals surface area contributed by atoms with Gasteiger partial charge in [0.15, 0.2) is 0 Å². The summed E-state index contributed by atoms with van der Waals surface area (Å²) in [5, 5.41) is 11.8. The number of urea groups is 1. The number of rotatable bonds is 5. The Morgan fingerprint density at radius 2 is 1.61 bits per heavy atom. The lowest BCUT2D eigenvalue weighted by Gasteiger charge is -2.36. The average Bonchev–Trinajstić information content (AvgIpc) is 2.76. The summed E-state index contributed by atoms with van der Waals surface area (Å²) in [6.07, 6.45) is 0. The number of carbonyl (C=O) groups is 1. The second kappa shape index (κ2) is 9.14. The van der Waals surface area contributed by atoms with Gasteiger partial charge in [-0.15, -0.1) is 0 Å². The minimum Gasteiger partial charge on any atom is -0.372 e. The van der Waals surface area contributed by atoms with Crippen LogP contribution >= 0.6 is 0 Å². The Morgan fingerprint density at radius 3 is 2.14 bits per heavy atom. The Hall–Kier alpha value is -3.20. The third-order valence-electron chi connectivity index (χ3n) is 5.18. The fourth-order valence-corrected chi connectivity index (χ4v) is 3.46. The Balaban J connectivity index is 1.53. The van der Waals surface area contributed by atoms with Crippen LogP contribution < -0.4 is 15.1 Å². The van der Waals surface area contributed by atoms with Crippen LogP contribution in [0.15, 0.2) is 48.5 Å². The summed E-state index contributed by atoms with van der Waals surface area (Å²) in [7, 11) is 0. The highest BCUT2D eigenvalue weighted by Crippen LogP contribution is 2.22. The van der Waals surface area contributed by atoms with Crippen LogP contribution in [0.5, 0.6) is 0 Å². The fourth-order valence-electron chi connectivity index (χ4n) is 3.46. The lowest BCUT2D eigenvalue weighted by molar-refractivity contribution is 0.208. The van der Waals surface area contributed by atoms with Gasteiger partial charge in [0.1, 0.15) is 0 Å². The first kappa shape index (κ1) is 19.6. The molecule has 6 nitrogen and oxygen atoms in total. The zero-order chi connectivity index (χ0) is 19.9. The van der Waals surface area contributed by atoms with Crippen molar-refractivity contribution in [3.8, 4) is 6.07 Å². The van der Waals surface area contributed by atoms with Crippen LogP contribution in [-0.2, 0) is 0 Å². The lowest BCUT2D eigenvalue weighted by atomic mass is 10.2. The Kier molecular flexibility index (Phi) is 6.38. The molecule has 3 rings (SSSR count). The maximum atomic E-state index is 12.5. The van der Waals surface area contributed by atoms with Crippen molar-refractivity contribution in [1.82, 2.24) is 4.90 Å². The first-order valence-electron chi connectivity index (χ1n) is 9.80. The quantitative estimate of drug-likeness (QED) is 0.862. The molecule has 0 atom stereocenters. The first-order chi connectivity index (χ1) is 13.6. The van der Waals surface area contributed by atoms with Crippen LogP contribution in [0.2, 0.25) is 0 Å². The van der Waals surface area contributed by atoms with Gasteiger partial charge in [-0.3, -0.25) is 0 Å². The summed E-state index contributed by atoms with van der Waals surface area (Å²) in [6.45, 7) is 9.32. The highest BCUT2D eigenvalue weighted by molar-refractivity contribution is 5.89. The second-order valence-electron chi connectivity index (χ2n) is 6.78. The molecule has 0 aromatic heterocycles. The van der Waals surface area contributed by atoms with Gasteiger partial charge in [-0.25, -0.2) is 4.79 Å². The molecule has 0 saturated carbocycles. The Labute approximate surface area is 167 Å². The van der Waals surface area contributed by atoms with Gasteiger partial charge < -0.3 is 20.0 Å². The predicted molar refractivity (Wildman–Crippen MR) is 114 cm³/mol. The summed E-state index contributed by atoms with van der Waals surface area (Å²) in [5.74, 6) is 0. The third kappa shape index (κ3) is 4.55. The molecule has 0 aliphatic carbocycles. The molecular weight excluding hydrogens is 350 g/mol. The van der Waals surface area contributed by atoms with Gasteiger partial charge in [-0.1, -0.05) is 0 Å². The Bertz CT molecular complexity index is 814. The molecule has 0 spiro atoms. The molecular formula is C22H27N5O. The lowest BCUT2D eigenvalue weighted by Crippen LogP contribution is -2.50. The molecule has 0 radical (unpaired) electrons. The van der Waals surface area contributed by atoms with Gasteiger partial charge in [-0.05, 0) is 62.4 Å². The number of piperazine rings is 1. The van der Waals surface area contributed by atoms with E-state index in [1.54, 1.807) is 24.3 Å². The normalized spacial score (nSPS) is 13.8. The molecule has 146 valence electrons. The number of anilines is 3. The summed E-state index contributed by atoms with van der Waals surface area (Å²) < 4.78 is 0. The standard InChI is InChI=1S/C22H27N5O/c1-3-25(4-2)20-9-11-21(12-10-20)26-13-15-27(16-14-26)22(28)24-19-7-5-18(17-23)6-8-19/h5-12H,3-4,13-16H2,1-2H3,(H,24,28). The van der Waals surface area contributed by atoms with Crippen molar-refractivity contribution < 1.29 is 4.79 Å². The molecule has 0 unspecified atom stereocenters. The van der Waals surface area contributed by atoms with Gasteiger partial charge >= 0.3 is 6.03 Å². The summed E-state index contributed by atoms with van der Waals surface area (Å²) >= 11 is 0. The van der Waals surface area contributed by atoms with E-state index in [2.05, 4.69) is 59.3 Å². The number of benzene rings is 2. The zero-order valence-corrected chi connectivity index (χ0v) is 16.6. The van der Waals surface area contributed by atoms with E-state index in [0.717, 1.165) is 26.2 Å². The van der Waals surface area contributed by atoms with Crippen LogP contribution in [-0.4, -0.2) is 50.2 Å². The largest absolute Gasteiger partial charge is 0.372 e. The molecule has 28 heavy (non-hydrogen) atoms. The number of amides is 2. The molecule has 2 amide bonds. The van der Waals surface area contributed by atoms with Crippen molar-refractivity contribution in [3.63, 3.8) is 0 Å². The van der Waals surface area contributed by atoms with Crippen molar-refractivity contribution in [2.45, 2.75) is 13.8 Å². The van der Waals surface area contributed by atoms with Gasteiger partial charge in [0, 0.05) is 56.3 Å².